The second-order valence-electron chi connectivity index (χ2n) is 7.60. The SMILES string of the molecule is Cc1ccc(S(=O)(=O)OCP(=O)(C(C)(C)C)C(C)(C)C)cc1. The van der Waals surface area contributed by atoms with Crippen molar-refractivity contribution in [2.75, 3.05) is 6.35 Å². The Bertz CT molecular complexity index is 644. The van der Waals surface area contributed by atoms with Crippen molar-refractivity contribution in [3.63, 3.8) is 0 Å². The van der Waals surface area contributed by atoms with Crippen LogP contribution in [0, 0.1) is 6.92 Å². The largest absolute Gasteiger partial charge is 0.320 e. The van der Waals surface area contributed by atoms with E-state index in [9.17, 15) is 13.0 Å². The van der Waals surface area contributed by atoms with Crippen molar-refractivity contribution in [1.82, 2.24) is 0 Å². The summed E-state index contributed by atoms with van der Waals surface area (Å²) >= 11 is 0. The zero-order valence-electron chi connectivity index (χ0n) is 14.5. The van der Waals surface area contributed by atoms with Gasteiger partial charge in [0.15, 0.2) is 0 Å². The minimum Gasteiger partial charge on any atom is -0.320 e. The van der Waals surface area contributed by atoms with Crippen molar-refractivity contribution in [3.8, 4) is 0 Å². The smallest absolute Gasteiger partial charge is 0.297 e. The van der Waals surface area contributed by atoms with Crippen molar-refractivity contribution in [2.45, 2.75) is 63.7 Å². The lowest BCUT2D eigenvalue weighted by Crippen LogP contribution is -2.31. The molecule has 126 valence electrons. The molecular formula is C16H27O4PS. The molecule has 1 aromatic carbocycles. The first-order valence-electron chi connectivity index (χ1n) is 7.26. The van der Waals surface area contributed by atoms with E-state index in [2.05, 4.69) is 0 Å². The van der Waals surface area contributed by atoms with Crippen LogP contribution in [0.1, 0.15) is 47.1 Å². The minimum absolute atomic E-state index is 0.0902. The van der Waals surface area contributed by atoms with E-state index >= 15 is 0 Å². The quantitative estimate of drug-likeness (QED) is 0.590. The van der Waals surface area contributed by atoms with Crippen LogP contribution in [0.25, 0.3) is 0 Å². The van der Waals surface area contributed by atoms with E-state index in [1.807, 2.05) is 48.5 Å². The Morgan fingerprint density at radius 1 is 0.955 bits per heavy atom. The van der Waals surface area contributed by atoms with Crippen molar-refractivity contribution >= 4 is 17.3 Å². The van der Waals surface area contributed by atoms with E-state index in [4.69, 9.17) is 4.18 Å². The van der Waals surface area contributed by atoms with Crippen molar-refractivity contribution < 1.29 is 17.2 Å². The summed E-state index contributed by atoms with van der Waals surface area (Å²) in [6.07, 6.45) is -0.282. The maximum atomic E-state index is 13.4. The Balaban J connectivity index is 3.09. The van der Waals surface area contributed by atoms with Crippen LogP contribution >= 0.6 is 7.14 Å². The van der Waals surface area contributed by atoms with Crippen LogP contribution in [0.3, 0.4) is 0 Å². The Morgan fingerprint density at radius 3 is 1.73 bits per heavy atom. The van der Waals surface area contributed by atoms with E-state index in [0.29, 0.717) is 0 Å². The first-order chi connectivity index (χ1) is 9.71. The summed E-state index contributed by atoms with van der Waals surface area (Å²) in [6, 6.07) is 6.43. The highest BCUT2D eigenvalue weighted by atomic mass is 32.2. The summed E-state index contributed by atoms with van der Waals surface area (Å²) in [4.78, 5) is 0.0902. The molecule has 0 unspecified atom stereocenters. The molecule has 1 rings (SSSR count). The molecule has 0 amide bonds. The van der Waals surface area contributed by atoms with Gasteiger partial charge in [0, 0.05) is 10.3 Å². The zero-order valence-corrected chi connectivity index (χ0v) is 16.2. The van der Waals surface area contributed by atoms with Crippen molar-refractivity contribution in [1.29, 1.82) is 0 Å². The number of hydrogen-bond acceptors (Lipinski definition) is 4. The van der Waals surface area contributed by atoms with Gasteiger partial charge in [-0.1, -0.05) is 59.2 Å². The lowest BCUT2D eigenvalue weighted by atomic mass is 10.2. The topological polar surface area (TPSA) is 60.4 Å². The number of benzene rings is 1. The Morgan fingerprint density at radius 2 is 1.36 bits per heavy atom. The highest BCUT2D eigenvalue weighted by Crippen LogP contribution is 2.66. The first-order valence-corrected chi connectivity index (χ1v) is 10.6. The molecule has 0 fully saturated rings. The molecule has 0 aliphatic rings. The molecule has 0 heterocycles. The fourth-order valence-electron chi connectivity index (χ4n) is 2.31. The van der Waals surface area contributed by atoms with Gasteiger partial charge in [-0.05, 0) is 19.1 Å². The third-order valence-electron chi connectivity index (χ3n) is 3.87. The molecule has 0 aliphatic heterocycles. The van der Waals surface area contributed by atoms with Gasteiger partial charge in [0.25, 0.3) is 10.1 Å². The predicted octanol–water partition coefficient (Wildman–Crippen LogP) is 4.62. The Kier molecular flexibility index (Phi) is 5.38. The molecule has 1 aromatic rings. The lowest BCUT2D eigenvalue weighted by Gasteiger charge is -2.40. The van der Waals surface area contributed by atoms with Gasteiger partial charge in [-0.2, -0.15) is 8.42 Å². The molecule has 0 N–H and O–H groups in total. The number of hydrogen-bond donors (Lipinski definition) is 0. The molecule has 0 atom stereocenters. The van der Waals surface area contributed by atoms with Crippen LogP contribution in [0.2, 0.25) is 0 Å². The van der Waals surface area contributed by atoms with E-state index < -0.39 is 27.6 Å². The molecular weight excluding hydrogens is 319 g/mol. The normalized spacial score (nSPS) is 14.1. The third kappa shape index (κ3) is 4.01. The van der Waals surface area contributed by atoms with Crippen LogP contribution in [0.15, 0.2) is 29.2 Å². The van der Waals surface area contributed by atoms with Gasteiger partial charge in [0.2, 0.25) is 0 Å². The first kappa shape index (κ1) is 19.4. The second kappa shape index (κ2) is 6.10. The van der Waals surface area contributed by atoms with Crippen molar-refractivity contribution in [2.24, 2.45) is 0 Å². The highest BCUT2D eigenvalue weighted by molar-refractivity contribution is 7.87. The molecule has 0 aromatic heterocycles. The molecule has 0 saturated carbocycles. The van der Waals surface area contributed by atoms with Crippen LogP contribution in [0.5, 0.6) is 0 Å². The second-order valence-corrected chi connectivity index (χ2v) is 13.6. The van der Waals surface area contributed by atoms with Gasteiger partial charge in [-0.25, -0.2) is 0 Å². The summed E-state index contributed by atoms with van der Waals surface area (Å²) < 4.78 is 43.2. The average Bonchev–Trinajstić information content (AvgIpc) is 2.33. The lowest BCUT2D eigenvalue weighted by molar-refractivity contribution is 0.357. The van der Waals surface area contributed by atoms with Crippen LogP contribution < -0.4 is 0 Å². The maximum Gasteiger partial charge on any atom is 0.297 e. The predicted molar refractivity (Wildman–Crippen MR) is 91.4 cm³/mol. The summed E-state index contributed by atoms with van der Waals surface area (Å²) in [7, 11) is -6.82. The van der Waals surface area contributed by atoms with E-state index in [-0.39, 0.29) is 11.2 Å². The van der Waals surface area contributed by atoms with Crippen LogP contribution in [0.4, 0.5) is 0 Å². The Labute approximate surface area is 134 Å². The fourth-order valence-corrected chi connectivity index (χ4v) is 6.85. The van der Waals surface area contributed by atoms with Gasteiger partial charge >= 0.3 is 0 Å². The van der Waals surface area contributed by atoms with Crippen molar-refractivity contribution in [3.05, 3.63) is 29.8 Å². The molecule has 0 bridgehead atoms. The molecule has 4 nitrogen and oxygen atoms in total. The molecule has 0 radical (unpaired) electrons. The summed E-state index contributed by atoms with van der Waals surface area (Å²) in [5.41, 5.74) is 0.967. The molecule has 0 saturated heterocycles. The molecule has 6 heteroatoms. The summed E-state index contributed by atoms with van der Waals surface area (Å²) in [6.45, 7) is 13.1. The monoisotopic (exact) mass is 346 g/mol. The van der Waals surface area contributed by atoms with Gasteiger partial charge in [0.05, 0.1) is 4.90 Å². The van der Waals surface area contributed by atoms with E-state index in [0.717, 1.165) is 5.56 Å². The van der Waals surface area contributed by atoms with Crippen LogP contribution in [-0.2, 0) is 18.9 Å². The maximum absolute atomic E-state index is 13.4. The van der Waals surface area contributed by atoms with Gasteiger partial charge in [-0.3, -0.25) is 4.18 Å². The molecule has 0 spiro atoms. The summed E-state index contributed by atoms with van der Waals surface area (Å²) in [5, 5.41) is -1.07. The summed E-state index contributed by atoms with van der Waals surface area (Å²) in [5.74, 6) is 0. The minimum atomic E-state index is -3.90. The van der Waals surface area contributed by atoms with E-state index in [1.54, 1.807) is 12.1 Å². The fraction of sp³-hybridized carbons (Fsp3) is 0.625. The van der Waals surface area contributed by atoms with Gasteiger partial charge < -0.3 is 4.57 Å². The molecule has 0 aliphatic carbocycles. The number of rotatable bonds is 4. The average molecular weight is 346 g/mol. The highest BCUT2D eigenvalue weighted by Gasteiger charge is 2.47. The van der Waals surface area contributed by atoms with Gasteiger partial charge in [-0.15, -0.1) is 0 Å². The van der Waals surface area contributed by atoms with Crippen LogP contribution in [-0.4, -0.2) is 25.1 Å². The van der Waals surface area contributed by atoms with E-state index in [1.165, 1.54) is 12.1 Å². The molecule has 22 heavy (non-hydrogen) atoms. The van der Waals surface area contributed by atoms with Gasteiger partial charge in [0.1, 0.15) is 13.5 Å². The zero-order chi connectivity index (χ0) is 17.4. The standard InChI is InChI=1S/C16H27O4PS/c1-13-8-10-14(11-9-13)22(18,19)20-12-21(17,15(2,3)4)16(5,6)7/h8-11H,12H2,1-7H3. The number of aryl methyl sites for hydroxylation is 1. The Hall–Kier alpha value is -0.640. The third-order valence-corrected chi connectivity index (χ3v) is 10.1.